The fraction of sp³-hybridized carbons (Fsp3) is 0.333. The number of hydrogen-bond acceptors (Lipinski definition) is 2. The molecule has 1 N–H and O–H groups in total. The van der Waals surface area contributed by atoms with Crippen molar-refractivity contribution >= 4 is 11.8 Å². The summed E-state index contributed by atoms with van der Waals surface area (Å²) in [5, 5.41) is 4.17. The second-order valence-corrected chi connectivity index (χ2v) is 8.26. The number of aromatic nitrogens is 3. The highest BCUT2D eigenvalue weighted by molar-refractivity contribution is 7.98. The zero-order valence-electron chi connectivity index (χ0n) is 15.6. The van der Waals surface area contributed by atoms with Crippen molar-refractivity contribution in [1.82, 2.24) is 10.1 Å². The lowest BCUT2D eigenvalue weighted by atomic mass is 9.86. The van der Waals surface area contributed by atoms with E-state index in [2.05, 4.69) is 25.9 Å². The van der Waals surface area contributed by atoms with Gasteiger partial charge in [-0.05, 0) is 58.8 Å². The summed E-state index contributed by atoms with van der Waals surface area (Å²) in [7, 11) is 0. The monoisotopic (exact) mass is 386 g/mol. The molecular formula is C21H22F2N3S+. The molecule has 4 rings (SSSR count). The standard InChI is InChI=1S/C21H21F2N3S/c1-12(2)17-8-16(23)9-18-13(3)26-20(10-19(17)18)24-21(25-26)27-11-14-4-6-15(22)7-5-14/h4-9,12-13H,10-11H2,1-3H3/p+1. The first-order valence-electron chi connectivity index (χ1n) is 9.12. The molecule has 3 nitrogen and oxygen atoms in total. The summed E-state index contributed by atoms with van der Waals surface area (Å²) in [5.74, 6) is 1.52. The van der Waals surface area contributed by atoms with E-state index in [1.54, 1.807) is 36.0 Å². The van der Waals surface area contributed by atoms with E-state index >= 15 is 0 Å². The summed E-state index contributed by atoms with van der Waals surface area (Å²) in [6.45, 7) is 6.26. The maximum absolute atomic E-state index is 14.1. The van der Waals surface area contributed by atoms with E-state index in [0.717, 1.165) is 27.7 Å². The summed E-state index contributed by atoms with van der Waals surface area (Å²) < 4.78 is 29.2. The van der Waals surface area contributed by atoms with Crippen molar-refractivity contribution in [3.63, 3.8) is 0 Å². The van der Waals surface area contributed by atoms with Gasteiger partial charge in [0, 0.05) is 11.3 Å². The van der Waals surface area contributed by atoms with Crippen LogP contribution in [-0.4, -0.2) is 10.1 Å². The van der Waals surface area contributed by atoms with Crippen molar-refractivity contribution in [2.75, 3.05) is 0 Å². The maximum Gasteiger partial charge on any atom is 0.325 e. The minimum Gasteiger partial charge on any atom is -0.207 e. The summed E-state index contributed by atoms with van der Waals surface area (Å²) in [5.41, 5.74) is 4.32. The van der Waals surface area contributed by atoms with Crippen LogP contribution >= 0.6 is 11.8 Å². The van der Waals surface area contributed by atoms with Crippen LogP contribution in [0.15, 0.2) is 41.6 Å². The van der Waals surface area contributed by atoms with Crippen LogP contribution in [0.5, 0.6) is 0 Å². The third-order valence-corrected chi connectivity index (χ3v) is 6.03. The van der Waals surface area contributed by atoms with Crippen molar-refractivity contribution in [1.29, 1.82) is 0 Å². The summed E-state index contributed by atoms with van der Waals surface area (Å²) in [4.78, 5) is 4.76. The zero-order valence-corrected chi connectivity index (χ0v) is 16.4. The predicted molar refractivity (Wildman–Crippen MR) is 102 cm³/mol. The summed E-state index contributed by atoms with van der Waals surface area (Å²) >= 11 is 1.58. The molecule has 0 saturated carbocycles. The zero-order chi connectivity index (χ0) is 19.1. The number of aromatic amines is 1. The molecule has 6 heteroatoms. The first-order valence-corrected chi connectivity index (χ1v) is 10.1. The van der Waals surface area contributed by atoms with Crippen LogP contribution in [0.25, 0.3) is 0 Å². The van der Waals surface area contributed by atoms with Gasteiger partial charge in [-0.25, -0.2) is 8.78 Å². The molecule has 0 amide bonds. The molecule has 0 aliphatic carbocycles. The van der Waals surface area contributed by atoms with Crippen molar-refractivity contribution in [2.45, 2.75) is 50.1 Å². The Kier molecular flexibility index (Phi) is 4.76. The van der Waals surface area contributed by atoms with E-state index in [9.17, 15) is 8.78 Å². The molecule has 1 atom stereocenters. The number of rotatable bonds is 4. The molecule has 0 saturated heterocycles. The van der Waals surface area contributed by atoms with Crippen molar-refractivity contribution in [3.8, 4) is 0 Å². The molecule has 0 fully saturated rings. The highest BCUT2D eigenvalue weighted by Gasteiger charge is 2.34. The van der Waals surface area contributed by atoms with E-state index in [0.29, 0.717) is 12.2 Å². The van der Waals surface area contributed by atoms with Gasteiger partial charge in [-0.1, -0.05) is 37.7 Å². The van der Waals surface area contributed by atoms with E-state index in [4.69, 9.17) is 4.98 Å². The number of nitrogens with zero attached hydrogens (tertiary/aromatic N) is 2. The predicted octanol–water partition coefficient (Wildman–Crippen LogP) is 4.90. The van der Waals surface area contributed by atoms with Gasteiger partial charge in [-0.3, -0.25) is 0 Å². The average Bonchev–Trinajstić information content (AvgIpc) is 3.05. The van der Waals surface area contributed by atoms with Crippen LogP contribution in [0.3, 0.4) is 0 Å². The molecule has 0 radical (unpaired) electrons. The van der Waals surface area contributed by atoms with Gasteiger partial charge in [0.1, 0.15) is 17.7 Å². The first kappa shape index (κ1) is 18.2. The van der Waals surface area contributed by atoms with Crippen LogP contribution in [0.4, 0.5) is 8.78 Å². The first-order chi connectivity index (χ1) is 12.9. The number of thioether (sulfide) groups is 1. The number of hydrogen-bond donors (Lipinski definition) is 1. The molecular weight excluding hydrogens is 364 g/mol. The Morgan fingerprint density at radius 3 is 2.63 bits per heavy atom. The molecule has 0 spiro atoms. The lowest BCUT2D eigenvalue weighted by Gasteiger charge is -2.22. The number of benzene rings is 2. The highest BCUT2D eigenvalue weighted by atomic mass is 32.2. The number of fused-ring (bicyclic) bond motifs is 2. The van der Waals surface area contributed by atoms with Gasteiger partial charge in [0.2, 0.25) is 0 Å². The molecule has 2 heterocycles. The van der Waals surface area contributed by atoms with E-state index in [1.807, 2.05) is 4.68 Å². The Bertz CT molecular complexity index is 980. The van der Waals surface area contributed by atoms with E-state index in [1.165, 1.54) is 17.7 Å². The molecule has 0 bridgehead atoms. The average molecular weight is 386 g/mol. The Hall–Kier alpha value is -2.21. The summed E-state index contributed by atoms with van der Waals surface area (Å²) in [6, 6.07) is 9.82. The van der Waals surface area contributed by atoms with Gasteiger partial charge in [0.05, 0.1) is 6.42 Å². The SMILES string of the molecule is CC(C)c1cc(F)cc2c1Cc1nc(SCc3ccc(F)cc3)[nH][n+]1C2C. The number of H-pyrrole nitrogens is 1. The third kappa shape index (κ3) is 3.50. The molecule has 1 aliphatic rings. The van der Waals surface area contributed by atoms with Crippen LogP contribution < -0.4 is 4.68 Å². The molecule has 27 heavy (non-hydrogen) atoms. The van der Waals surface area contributed by atoms with Crippen LogP contribution in [0, 0.1) is 11.6 Å². The largest absolute Gasteiger partial charge is 0.325 e. The lowest BCUT2D eigenvalue weighted by Crippen LogP contribution is -2.47. The van der Waals surface area contributed by atoms with Crippen molar-refractivity contribution in [3.05, 3.63) is 76.1 Å². The van der Waals surface area contributed by atoms with Gasteiger partial charge in [0.25, 0.3) is 0 Å². The summed E-state index contributed by atoms with van der Waals surface area (Å²) in [6.07, 6.45) is 0.696. The molecule has 1 aromatic heterocycles. The molecule has 1 aliphatic heterocycles. The van der Waals surface area contributed by atoms with Gasteiger partial charge in [-0.15, -0.1) is 4.68 Å². The maximum atomic E-state index is 14.1. The fourth-order valence-corrected chi connectivity index (χ4v) is 4.50. The molecule has 1 unspecified atom stereocenters. The van der Waals surface area contributed by atoms with Crippen molar-refractivity contribution in [2.24, 2.45) is 0 Å². The van der Waals surface area contributed by atoms with Crippen molar-refractivity contribution < 1.29 is 13.5 Å². The highest BCUT2D eigenvalue weighted by Crippen LogP contribution is 2.33. The topological polar surface area (TPSA) is 32.6 Å². The van der Waals surface area contributed by atoms with Crippen LogP contribution in [0.2, 0.25) is 0 Å². The number of halogens is 2. The van der Waals surface area contributed by atoms with Gasteiger partial charge >= 0.3 is 11.0 Å². The van der Waals surface area contributed by atoms with Gasteiger partial charge in [0.15, 0.2) is 0 Å². The van der Waals surface area contributed by atoms with Gasteiger partial charge in [-0.2, -0.15) is 5.10 Å². The van der Waals surface area contributed by atoms with E-state index < -0.39 is 0 Å². The minimum absolute atomic E-state index is 0.00428. The molecule has 140 valence electrons. The van der Waals surface area contributed by atoms with Gasteiger partial charge < -0.3 is 0 Å². The van der Waals surface area contributed by atoms with Crippen LogP contribution in [-0.2, 0) is 12.2 Å². The number of nitrogens with one attached hydrogen (secondary N) is 1. The Balaban J connectivity index is 1.61. The third-order valence-electron chi connectivity index (χ3n) is 5.09. The fourth-order valence-electron chi connectivity index (χ4n) is 3.67. The molecule has 3 aromatic rings. The second kappa shape index (κ2) is 7.08. The Morgan fingerprint density at radius 2 is 1.93 bits per heavy atom. The Labute approximate surface area is 161 Å². The lowest BCUT2D eigenvalue weighted by molar-refractivity contribution is -0.773. The Morgan fingerprint density at radius 1 is 1.19 bits per heavy atom. The minimum atomic E-state index is -0.229. The van der Waals surface area contributed by atoms with Crippen LogP contribution in [0.1, 0.15) is 60.8 Å². The normalized spacial score (nSPS) is 15.7. The molecule has 2 aromatic carbocycles. The van der Waals surface area contributed by atoms with E-state index in [-0.39, 0.29) is 23.6 Å². The smallest absolute Gasteiger partial charge is 0.207 e. The quantitative estimate of drug-likeness (QED) is 0.511. The second-order valence-electron chi connectivity index (χ2n) is 7.30.